The van der Waals surface area contributed by atoms with Crippen LogP contribution < -0.4 is 5.32 Å². The van der Waals surface area contributed by atoms with Crippen LogP contribution in [0, 0.1) is 6.92 Å². The molecular weight excluding hydrogens is 278 g/mol. The van der Waals surface area contributed by atoms with Crippen molar-refractivity contribution in [2.45, 2.75) is 56.9 Å². The zero-order valence-corrected chi connectivity index (χ0v) is 14.0. The van der Waals surface area contributed by atoms with Gasteiger partial charge >= 0.3 is 0 Å². The van der Waals surface area contributed by atoms with Gasteiger partial charge in [0.1, 0.15) is 11.3 Å². The number of hydrogen-bond donors (Lipinski definition) is 1. The molecule has 1 atom stereocenters. The van der Waals surface area contributed by atoms with Gasteiger partial charge in [-0.15, -0.1) is 0 Å². The Morgan fingerprint density at radius 2 is 1.90 bits per heavy atom. The van der Waals surface area contributed by atoms with E-state index in [0.717, 1.165) is 16.6 Å². The molecule has 2 nitrogen and oxygen atoms in total. The summed E-state index contributed by atoms with van der Waals surface area (Å²) in [6, 6.07) is 9.24. The van der Waals surface area contributed by atoms with E-state index in [0.29, 0.717) is 6.04 Å². The predicted octanol–water partition coefficient (Wildman–Crippen LogP) is 5.07. The maximum Gasteiger partial charge on any atom is 0.134 e. The average Bonchev–Trinajstić information content (AvgIpc) is 2.86. The normalized spacial score (nSPS) is 24.3. The van der Waals surface area contributed by atoms with Crippen molar-refractivity contribution in [3.63, 3.8) is 0 Å². The summed E-state index contributed by atoms with van der Waals surface area (Å²) >= 11 is 2.02. The number of rotatable bonds is 4. The molecule has 21 heavy (non-hydrogen) atoms. The Balaban J connectivity index is 1.70. The third-order valence-corrected chi connectivity index (χ3v) is 5.91. The van der Waals surface area contributed by atoms with Crippen molar-refractivity contribution in [3.8, 4) is 0 Å². The van der Waals surface area contributed by atoms with E-state index < -0.39 is 0 Å². The van der Waals surface area contributed by atoms with Gasteiger partial charge in [0.05, 0.1) is 6.04 Å². The molecule has 3 rings (SSSR count). The number of para-hydroxylation sites is 1. The molecule has 0 aliphatic heterocycles. The first-order chi connectivity index (χ1) is 10.2. The van der Waals surface area contributed by atoms with Crippen molar-refractivity contribution in [3.05, 3.63) is 35.6 Å². The lowest BCUT2D eigenvalue weighted by Crippen LogP contribution is -2.35. The van der Waals surface area contributed by atoms with Crippen LogP contribution in [-0.2, 0) is 0 Å². The van der Waals surface area contributed by atoms with E-state index in [2.05, 4.69) is 43.6 Å². The average molecular weight is 303 g/mol. The van der Waals surface area contributed by atoms with Crippen molar-refractivity contribution >= 4 is 22.7 Å². The summed E-state index contributed by atoms with van der Waals surface area (Å²) in [5.74, 6) is 1.10. The van der Waals surface area contributed by atoms with Crippen LogP contribution in [0.1, 0.15) is 50.0 Å². The SMILES string of the molecule is CSC1CCC(NC(C)c2oc3ccccc3c2C)CC1. The van der Waals surface area contributed by atoms with Crippen LogP contribution in [-0.4, -0.2) is 17.5 Å². The van der Waals surface area contributed by atoms with Crippen molar-refractivity contribution in [2.75, 3.05) is 6.26 Å². The molecule has 3 heteroatoms. The van der Waals surface area contributed by atoms with Gasteiger partial charge in [-0.2, -0.15) is 11.8 Å². The van der Waals surface area contributed by atoms with E-state index in [-0.39, 0.29) is 6.04 Å². The van der Waals surface area contributed by atoms with Crippen LogP contribution in [0.2, 0.25) is 0 Å². The van der Waals surface area contributed by atoms with Gasteiger partial charge in [0.2, 0.25) is 0 Å². The number of nitrogens with one attached hydrogen (secondary N) is 1. The molecule has 0 amide bonds. The van der Waals surface area contributed by atoms with Crippen LogP contribution in [0.15, 0.2) is 28.7 Å². The zero-order valence-electron chi connectivity index (χ0n) is 13.2. The van der Waals surface area contributed by atoms with Crippen LogP contribution in [0.5, 0.6) is 0 Å². The van der Waals surface area contributed by atoms with Crippen molar-refractivity contribution in [1.29, 1.82) is 0 Å². The highest BCUT2D eigenvalue weighted by molar-refractivity contribution is 7.99. The van der Waals surface area contributed by atoms with Gasteiger partial charge in [0.25, 0.3) is 0 Å². The molecular formula is C18H25NOS. The van der Waals surface area contributed by atoms with E-state index >= 15 is 0 Å². The first-order valence-electron chi connectivity index (χ1n) is 7.96. The molecule has 2 aromatic rings. The van der Waals surface area contributed by atoms with Gasteiger partial charge in [-0.3, -0.25) is 0 Å². The fourth-order valence-electron chi connectivity index (χ4n) is 3.50. The van der Waals surface area contributed by atoms with E-state index in [4.69, 9.17) is 4.42 Å². The second-order valence-electron chi connectivity index (χ2n) is 6.19. The van der Waals surface area contributed by atoms with Crippen molar-refractivity contribution in [2.24, 2.45) is 0 Å². The summed E-state index contributed by atoms with van der Waals surface area (Å²) in [5.41, 5.74) is 2.29. The first kappa shape index (κ1) is 15.0. The Labute approximate surface area is 131 Å². The largest absolute Gasteiger partial charge is 0.459 e. The quantitative estimate of drug-likeness (QED) is 0.854. The highest BCUT2D eigenvalue weighted by Gasteiger charge is 2.24. The first-order valence-corrected chi connectivity index (χ1v) is 9.24. The fraction of sp³-hybridized carbons (Fsp3) is 0.556. The van der Waals surface area contributed by atoms with E-state index in [1.807, 2.05) is 17.8 Å². The summed E-state index contributed by atoms with van der Waals surface area (Å²) in [6.07, 6.45) is 7.48. The van der Waals surface area contributed by atoms with Gasteiger partial charge in [-0.1, -0.05) is 18.2 Å². The summed E-state index contributed by atoms with van der Waals surface area (Å²) in [6.45, 7) is 4.40. The number of thioether (sulfide) groups is 1. The van der Waals surface area contributed by atoms with E-state index in [1.165, 1.54) is 36.6 Å². The van der Waals surface area contributed by atoms with E-state index in [9.17, 15) is 0 Å². The number of fused-ring (bicyclic) bond motifs is 1. The summed E-state index contributed by atoms with van der Waals surface area (Å²) < 4.78 is 6.08. The zero-order chi connectivity index (χ0) is 14.8. The minimum Gasteiger partial charge on any atom is -0.459 e. The lowest BCUT2D eigenvalue weighted by atomic mass is 9.94. The molecule has 1 aromatic carbocycles. The summed E-state index contributed by atoms with van der Waals surface area (Å²) in [4.78, 5) is 0. The lowest BCUT2D eigenvalue weighted by molar-refractivity contribution is 0.330. The molecule has 1 aliphatic carbocycles. The predicted molar refractivity (Wildman–Crippen MR) is 92.1 cm³/mol. The van der Waals surface area contributed by atoms with Crippen molar-refractivity contribution < 1.29 is 4.42 Å². The number of hydrogen-bond acceptors (Lipinski definition) is 3. The molecule has 0 spiro atoms. The van der Waals surface area contributed by atoms with Gasteiger partial charge < -0.3 is 9.73 Å². The van der Waals surface area contributed by atoms with Crippen molar-refractivity contribution in [1.82, 2.24) is 5.32 Å². The molecule has 0 bridgehead atoms. The maximum atomic E-state index is 6.08. The summed E-state index contributed by atoms with van der Waals surface area (Å²) in [7, 11) is 0. The number of aryl methyl sites for hydroxylation is 1. The number of benzene rings is 1. The van der Waals surface area contributed by atoms with Crippen LogP contribution in [0.25, 0.3) is 11.0 Å². The number of furan rings is 1. The molecule has 1 aliphatic rings. The molecule has 0 saturated heterocycles. The van der Waals surface area contributed by atoms with Crippen LogP contribution >= 0.6 is 11.8 Å². The molecule has 1 saturated carbocycles. The monoisotopic (exact) mass is 303 g/mol. The summed E-state index contributed by atoms with van der Waals surface area (Å²) in [5, 5.41) is 5.89. The minimum atomic E-state index is 0.285. The maximum absolute atomic E-state index is 6.08. The fourth-order valence-corrected chi connectivity index (χ4v) is 4.24. The molecule has 1 heterocycles. The Morgan fingerprint density at radius 1 is 1.19 bits per heavy atom. The lowest BCUT2D eigenvalue weighted by Gasteiger charge is -2.30. The smallest absolute Gasteiger partial charge is 0.134 e. The van der Waals surface area contributed by atoms with Crippen LogP contribution in [0.3, 0.4) is 0 Å². The van der Waals surface area contributed by atoms with Gasteiger partial charge in [-0.25, -0.2) is 0 Å². The second kappa shape index (κ2) is 6.45. The Hall–Kier alpha value is -0.930. The van der Waals surface area contributed by atoms with E-state index in [1.54, 1.807) is 0 Å². The third kappa shape index (κ3) is 3.14. The molecule has 1 aromatic heterocycles. The Morgan fingerprint density at radius 3 is 2.57 bits per heavy atom. The molecule has 1 unspecified atom stereocenters. The Kier molecular flexibility index (Phi) is 4.60. The highest BCUT2D eigenvalue weighted by Crippen LogP contribution is 2.32. The Bertz CT molecular complexity index is 598. The molecule has 0 radical (unpaired) electrons. The molecule has 1 fully saturated rings. The van der Waals surface area contributed by atoms with Gasteiger partial charge in [0.15, 0.2) is 0 Å². The van der Waals surface area contributed by atoms with Gasteiger partial charge in [-0.05, 0) is 57.4 Å². The molecule has 114 valence electrons. The third-order valence-electron chi connectivity index (χ3n) is 4.77. The second-order valence-corrected chi connectivity index (χ2v) is 7.32. The van der Waals surface area contributed by atoms with Gasteiger partial charge in [0, 0.05) is 16.7 Å². The molecule has 1 N–H and O–H groups in total. The van der Waals surface area contributed by atoms with Crippen LogP contribution in [0.4, 0.5) is 0 Å². The minimum absolute atomic E-state index is 0.285. The highest BCUT2D eigenvalue weighted by atomic mass is 32.2. The topological polar surface area (TPSA) is 25.2 Å². The standard InChI is InChI=1S/C18H25NOS/c1-12-16-6-4-5-7-17(16)20-18(12)13(2)19-14-8-10-15(21-3)11-9-14/h4-7,13-15,19H,8-11H2,1-3H3.